The second-order valence-corrected chi connectivity index (χ2v) is 8.24. The fraction of sp³-hybridized carbons (Fsp3) is 0.500. The van der Waals surface area contributed by atoms with Gasteiger partial charge in [-0.15, -0.1) is 0 Å². The molecule has 0 amide bonds. The molecule has 0 radical (unpaired) electrons. The van der Waals surface area contributed by atoms with Gasteiger partial charge in [0.15, 0.2) is 0 Å². The van der Waals surface area contributed by atoms with Gasteiger partial charge in [0.2, 0.25) is 0 Å². The van der Waals surface area contributed by atoms with Crippen molar-refractivity contribution in [1.82, 2.24) is 9.80 Å². The number of piperazine rings is 1. The molecule has 2 aromatic carbocycles. The van der Waals surface area contributed by atoms with Gasteiger partial charge in [0.1, 0.15) is 5.75 Å². The highest BCUT2D eigenvalue weighted by molar-refractivity contribution is 5.49. The first-order valence-corrected chi connectivity index (χ1v) is 10.6. The molecule has 0 bridgehead atoms. The SMILES string of the molecule is COc1ccc(N2CCN([C@H]3CCCN(Cc4cccc(C)c4)C3)CC2)cc1. The van der Waals surface area contributed by atoms with Crippen LogP contribution in [0, 0.1) is 6.92 Å². The van der Waals surface area contributed by atoms with Crippen molar-refractivity contribution in [3.05, 3.63) is 59.7 Å². The van der Waals surface area contributed by atoms with Gasteiger partial charge in [-0.2, -0.15) is 0 Å². The van der Waals surface area contributed by atoms with Crippen LogP contribution in [0.25, 0.3) is 0 Å². The molecule has 0 unspecified atom stereocenters. The van der Waals surface area contributed by atoms with Crippen molar-refractivity contribution in [3.63, 3.8) is 0 Å². The van der Waals surface area contributed by atoms with Crippen molar-refractivity contribution in [2.24, 2.45) is 0 Å². The minimum atomic E-state index is 0.705. The molecule has 2 fully saturated rings. The standard InChI is InChI=1S/C24H33N3O/c1-20-5-3-6-21(17-20)18-25-12-4-7-23(19-25)27-15-13-26(14-16-27)22-8-10-24(28-2)11-9-22/h3,5-6,8-11,17,23H,4,7,12-16,18-19H2,1-2H3/t23-/m0/s1. The van der Waals surface area contributed by atoms with Crippen LogP contribution in [0.5, 0.6) is 5.75 Å². The van der Waals surface area contributed by atoms with Gasteiger partial charge in [0, 0.05) is 51.0 Å². The Hall–Kier alpha value is -2.04. The summed E-state index contributed by atoms with van der Waals surface area (Å²) in [6, 6.07) is 18.2. The summed E-state index contributed by atoms with van der Waals surface area (Å²) in [5.74, 6) is 0.929. The Morgan fingerprint density at radius 3 is 2.46 bits per heavy atom. The molecule has 2 aliphatic rings. The van der Waals surface area contributed by atoms with Crippen molar-refractivity contribution < 1.29 is 4.74 Å². The van der Waals surface area contributed by atoms with Gasteiger partial charge in [-0.1, -0.05) is 29.8 Å². The predicted octanol–water partition coefficient (Wildman–Crippen LogP) is 3.79. The maximum absolute atomic E-state index is 5.28. The number of anilines is 1. The van der Waals surface area contributed by atoms with Crippen molar-refractivity contribution >= 4 is 5.69 Å². The summed E-state index contributed by atoms with van der Waals surface area (Å²) in [4.78, 5) is 7.88. The first kappa shape index (κ1) is 19.3. The van der Waals surface area contributed by atoms with Gasteiger partial charge in [-0.3, -0.25) is 9.80 Å². The molecule has 0 spiro atoms. The summed E-state index contributed by atoms with van der Waals surface area (Å²) >= 11 is 0. The highest BCUT2D eigenvalue weighted by Crippen LogP contribution is 2.23. The largest absolute Gasteiger partial charge is 0.497 e. The summed E-state index contributed by atoms with van der Waals surface area (Å²) in [6.07, 6.45) is 2.65. The third-order valence-electron chi connectivity index (χ3n) is 6.24. The van der Waals surface area contributed by atoms with E-state index in [-0.39, 0.29) is 0 Å². The molecule has 2 aromatic rings. The summed E-state index contributed by atoms with van der Waals surface area (Å²) in [5, 5.41) is 0. The first-order chi connectivity index (χ1) is 13.7. The van der Waals surface area contributed by atoms with E-state index >= 15 is 0 Å². The number of hydrogen-bond acceptors (Lipinski definition) is 4. The first-order valence-electron chi connectivity index (χ1n) is 10.6. The minimum absolute atomic E-state index is 0.705. The second kappa shape index (κ2) is 8.97. The minimum Gasteiger partial charge on any atom is -0.497 e. The van der Waals surface area contributed by atoms with E-state index < -0.39 is 0 Å². The Morgan fingerprint density at radius 1 is 0.964 bits per heavy atom. The van der Waals surface area contributed by atoms with E-state index in [0.717, 1.165) is 38.5 Å². The van der Waals surface area contributed by atoms with Crippen LogP contribution in [0.1, 0.15) is 24.0 Å². The number of nitrogens with zero attached hydrogens (tertiary/aromatic N) is 3. The fourth-order valence-electron chi connectivity index (χ4n) is 4.68. The van der Waals surface area contributed by atoms with E-state index in [1.54, 1.807) is 7.11 Å². The smallest absolute Gasteiger partial charge is 0.119 e. The average molecular weight is 380 g/mol. The molecule has 2 heterocycles. The molecule has 4 heteroatoms. The number of rotatable bonds is 5. The normalized spacial score (nSPS) is 21.6. The lowest BCUT2D eigenvalue weighted by Crippen LogP contribution is -2.55. The maximum Gasteiger partial charge on any atom is 0.119 e. The van der Waals surface area contributed by atoms with Gasteiger partial charge in [0.25, 0.3) is 0 Å². The molecular formula is C24H33N3O. The number of ether oxygens (including phenoxy) is 1. The average Bonchev–Trinajstić information content (AvgIpc) is 2.74. The lowest BCUT2D eigenvalue weighted by atomic mass is 10.0. The Kier molecular flexibility index (Phi) is 6.18. The topological polar surface area (TPSA) is 19.0 Å². The van der Waals surface area contributed by atoms with E-state index in [4.69, 9.17) is 4.74 Å². The number of likely N-dealkylation sites (tertiary alicyclic amines) is 1. The lowest BCUT2D eigenvalue weighted by molar-refractivity contribution is 0.0888. The highest BCUT2D eigenvalue weighted by atomic mass is 16.5. The van der Waals surface area contributed by atoms with Crippen molar-refractivity contribution in [2.45, 2.75) is 32.4 Å². The molecule has 1 atom stereocenters. The molecule has 0 aromatic heterocycles. The number of hydrogen-bond donors (Lipinski definition) is 0. The van der Waals surface area contributed by atoms with Gasteiger partial charge in [-0.05, 0) is 56.1 Å². The van der Waals surface area contributed by atoms with E-state index in [2.05, 4.69) is 70.2 Å². The Bertz CT molecular complexity index is 753. The van der Waals surface area contributed by atoms with Crippen LogP contribution in [-0.4, -0.2) is 62.2 Å². The highest BCUT2D eigenvalue weighted by Gasteiger charge is 2.28. The van der Waals surface area contributed by atoms with E-state index in [1.807, 2.05) is 0 Å². The zero-order chi connectivity index (χ0) is 19.3. The Balaban J connectivity index is 1.30. The van der Waals surface area contributed by atoms with Crippen molar-refractivity contribution in [2.75, 3.05) is 51.3 Å². The van der Waals surface area contributed by atoms with Crippen LogP contribution in [0.2, 0.25) is 0 Å². The number of benzene rings is 2. The van der Waals surface area contributed by atoms with Gasteiger partial charge in [-0.25, -0.2) is 0 Å². The monoisotopic (exact) mass is 379 g/mol. The fourth-order valence-corrected chi connectivity index (χ4v) is 4.68. The number of methoxy groups -OCH3 is 1. The van der Waals surface area contributed by atoms with Gasteiger partial charge < -0.3 is 9.64 Å². The van der Waals surface area contributed by atoms with Gasteiger partial charge in [0.05, 0.1) is 7.11 Å². The third kappa shape index (κ3) is 4.68. The molecule has 2 aliphatic heterocycles. The predicted molar refractivity (Wildman–Crippen MR) is 116 cm³/mol. The molecular weight excluding hydrogens is 346 g/mol. The lowest BCUT2D eigenvalue weighted by Gasteiger charge is -2.44. The van der Waals surface area contributed by atoms with Crippen molar-refractivity contribution in [1.29, 1.82) is 0 Å². The quantitative estimate of drug-likeness (QED) is 0.787. The van der Waals surface area contributed by atoms with E-state index in [9.17, 15) is 0 Å². The van der Waals surface area contributed by atoms with Crippen LogP contribution < -0.4 is 9.64 Å². The van der Waals surface area contributed by atoms with Crippen molar-refractivity contribution in [3.8, 4) is 5.75 Å². The second-order valence-electron chi connectivity index (χ2n) is 8.24. The van der Waals surface area contributed by atoms with Crippen LogP contribution in [0.3, 0.4) is 0 Å². The molecule has 0 aliphatic carbocycles. The molecule has 0 saturated carbocycles. The molecule has 4 rings (SSSR count). The Labute approximate surface area is 169 Å². The summed E-state index contributed by atoms with van der Waals surface area (Å²) in [5.41, 5.74) is 4.12. The van der Waals surface area contributed by atoms with E-state index in [1.165, 1.54) is 42.7 Å². The third-order valence-corrected chi connectivity index (χ3v) is 6.24. The van der Waals surface area contributed by atoms with Crippen LogP contribution >= 0.6 is 0 Å². The van der Waals surface area contributed by atoms with E-state index in [0.29, 0.717) is 6.04 Å². The number of piperidine rings is 1. The van der Waals surface area contributed by atoms with Crippen LogP contribution in [-0.2, 0) is 6.54 Å². The summed E-state index contributed by atoms with van der Waals surface area (Å²) in [6.45, 7) is 10.3. The molecule has 0 N–H and O–H groups in total. The maximum atomic E-state index is 5.28. The molecule has 2 saturated heterocycles. The molecule has 4 nitrogen and oxygen atoms in total. The molecule has 28 heavy (non-hydrogen) atoms. The molecule has 150 valence electrons. The zero-order valence-electron chi connectivity index (χ0n) is 17.3. The summed E-state index contributed by atoms with van der Waals surface area (Å²) < 4.78 is 5.28. The van der Waals surface area contributed by atoms with Crippen LogP contribution in [0.15, 0.2) is 48.5 Å². The summed E-state index contributed by atoms with van der Waals surface area (Å²) in [7, 11) is 1.72. The zero-order valence-corrected chi connectivity index (χ0v) is 17.3. The van der Waals surface area contributed by atoms with Gasteiger partial charge >= 0.3 is 0 Å². The Morgan fingerprint density at radius 2 is 1.75 bits per heavy atom. The van der Waals surface area contributed by atoms with Crippen LogP contribution in [0.4, 0.5) is 5.69 Å². The number of aryl methyl sites for hydroxylation is 1.